The summed E-state index contributed by atoms with van der Waals surface area (Å²) in [6, 6.07) is 11.5. The molecule has 2 aromatic carbocycles. The second-order valence-corrected chi connectivity index (χ2v) is 10.0. The van der Waals surface area contributed by atoms with Crippen LogP contribution in [-0.4, -0.2) is 51.9 Å². The summed E-state index contributed by atoms with van der Waals surface area (Å²) in [6.45, 7) is 1.90. The van der Waals surface area contributed by atoms with Gasteiger partial charge < -0.3 is 5.32 Å². The number of rotatable bonds is 6. The fraction of sp³-hybridized carbons (Fsp3) is 0.364. The molecule has 0 atom stereocenters. The molecule has 1 saturated carbocycles. The Bertz CT molecular complexity index is 1190. The van der Waals surface area contributed by atoms with Crippen LogP contribution in [-0.2, 0) is 10.0 Å². The Hall–Kier alpha value is -3.11. The fourth-order valence-electron chi connectivity index (χ4n) is 4.05. The standard InChI is InChI=1S/C22H26N6O3S/c1-16-14-18(10-13-21(16)28-15-23-25-26-28)24-22(29)17-8-11-20(12-9-17)32(30,31)27(2)19-6-4-3-5-7-19/h8-15,19H,3-7H2,1-2H3,(H,24,29). The smallest absolute Gasteiger partial charge is 0.255 e. The third kappa shape index (κ3) is 4.56. The van der Waals surface area contributed by atoms with E-state index in [0.717, 1.165) is 43.4 Å². The molecule has 1 aliphatic carbocycles. The van der Waals surface area contributed by atoms with Crippen molar-refractivity contribution in [1.29, 1.82) is 0 Å². The van der Waals surface area contributed by atoms with Crippen molar-refractivity contribution in [1.82, 2.24) is 24.5 Å². The van der Waals surface area contributed by atoms with Crippen LogP contribution in [0.1, 0.15) is 48.0 Å². The van der Waals surface area contributed by atoms with Crippen molar-refractivity contribution in [3.63, 3.8) is 0 Å². The summed E-state index contributed by atoms with van der Waals surface area (Å²) in [4.78, 5) is 12.9. The van der Waals surface area contributed by atoms with E-state index in [0.29, 0.717) is 11.3 Å². The fourth-order valence-corrected chi connectivity index (χ4v) is 5.47. The van der Waals surface area contributed by atoms with Crippen LogP contribution in [0.3, 0.4) is 0 Å². The normalized spacial score (nSPS) is 15.1. The van der Waals surface area contributed by atoms with Gasteiger partial charge in [-0.2, -0.15) is 4.31 Å². The average molecular weight is 455 g/mol. The molecule has 1 amide bonds. The van der Waals surface area contributed by atoms with E-state index in [9.17, 15) is 13.2 Å². The maximum atomic E-state index is 13.0. The molecule has 10 heteroatoms. The van der Waals surface area contributed by atoms with E-state index < -0.39 is 10.0 Å². The number of sulfonamides is 1. The van der Waals surface area contributed by atoms with Crippen molar-refractivity contribution >= 4 is 21.6 Å². The molecule has 1 aromatic heterocycles. The number of tetrazole rings is 1. The van der Waals surface area contributed by atoms with Gasteiger partial charge in [-0.3, -0.25) is 4.79 Å². The molecular weight excluding hydrogens is 428 g/mol. The molecule has 0 aliphatic heterocycles. The van der Waals surface area contributed by atoms with Crippen molar-refractivity contribution in [2.45, 2.75) is 50.0 Å². The SMILES string of the molecule is Cc1cc(NC(=O)c2ccc(S(=O)(=O)N(C)C3CCCCC3)cc2)ccc1-n1cnnn1. The van der Waals surface area contributed by atoms with Gasteiger partial charge in [0, 0.05) is 24.3 Å². The highest BCUT2D eigenvalue weighted by molar-refractivity contribution is 7.89. The minimum atomic E-state index is -3.59. The molecule has 1 aliphatic rings. The minimum Gasteiger partial charge on any atom is -0.322 e. The van der Waals surface area contributed by atoms with Crippen molar-refractivity contribution < 1.29 is 13.2 Å². The van der Waals surface area contributed by atoms with Gasteiger partial charge in [-0.25, -0.2) is 13.1 Å². The zero-order chi connectivity index (χ0) is 22.7. The van der Waals surface area contributed by atoms with Crippen LogP contribution < -0.4 is 5.32 Å². The Kier molecular flexibility index (Phi) is 6.33. The molecule has 32 heavy (non-hydrogen) atoms. The molecular formula is C22H26N6O3S. The largest absolute Gasteiger partial charge is 0.322 e. The quantitative estimate of drug-likeness (QED) is 0.613. The van der Waals surface area contributed by atoms with Crippen molar-refractivity contribution in [3.8, 4) is 5.69 Å². The predicted molar refractivity (Wildman–Crippen MR) is 120 cm³/mol. The molecule has 9 nitrogen and oxygen atoms in total. The number of nitrogens with one attached hydrogen (secondary N) is 1. The number of benzene rings is 2. The van der Waals surface area contributed by atoms with Gasteiger partial charge >= 0.3 is 0 Å². The zero-order valence-corrected chi connectivity index (χ0v) is 18.9. The third-order valence-corrected chi connectivity index (χ3v) is 7.86. The molecule has 4 rings (SSSR count). The molecule has 168 valence electrons. The maximum Gasteiger partial charge on any atom is 0.255 e. The lowest BCUT2D eigenvalue weighted by molar-refractivity contribution is 0.102. The van der Waals surface area contributed by atoms with Crippen molar-refractivity contribution in [2.24, 2.45) is 0 Å². The van der Waals surface area contributed by atoms with Crippen LogP contribution in [0.2, 0.25) is 0 Å². The lowest BCUT2D eigenvalue weighted by Crippen LogP contribution is -2.38. The summed E-state index contributed by atoms with van der Waals surface area (Å²) in [7, 11) is -1.94. The number of hydrogen-bond acceptors (Lipinski definition) is 6. The highest BCUT2D eigenvalue weighted by atomic mass is 32.2. The van der Waals surface area contributed by atoms with Crippen molar-refractivity contribution in [2.75, 3.05) is 12.4 Å². The summed E-state index contributed by atoms with van der Waals surface area (Å²) in [5.41, 5.74) is 2.71. The predicted octanol–water partition coefficient (Wildman–Crippen LogP) is 3.18. The highest BCUT2D eigenvalue weighted by Gasteiger charge is 2.29. The van der Waals surface area contributed by atoms with E-state index in [2.05, 4.69) is 20.8 Å². The second kappa shape index (κ2) is 9.17. The number of nitrogens with zero attached hydrogens (tertiary/aromatic N) is 5. The Labute approximate surface area is 187 Å². The number of carbonyl (C=O) groups is 1. The van der Waals surface area contributed by atoms with Gasteiger partial charge in [-0.05, 0) is 78.2 Å². The van der Waals surface area contributed by atoms with Crippen LogP contribution >= 0.6 is 0 Å². The van der Waals surface area contributed by atoms with Gasteiger partial charge in [-0.1, -0.05) is 19.3 Å². The van der Waals surface area contributed by atoms with Crippen LogP contribution in [0, 0.1) is 6.92 Å². The molecule has 1 fully saturated rings. The van der Waals surface area contributed by atoms with E-state index in [1.165, 1.54) is 22.8 Å². The Morgan fingerprint density at radius 1 is 1.09 bits per heavy atom. The monoisotopic (exact) mass is 454 g/mol. The molecule has 0 saturated heterocycles. The van der Waals surface area contributed by atoms with Crippen LogP contribution in [0.5, 0.6) is 0 Å². The number of hydrogen-bond donors (Lipinski definition) is 1. The maximum absolute atomic E-state index is 13.0. The lowest BCUT2D eigenvalue weighted by atomic mass is 9.96. The van der Waals surface area contributed by atoms with Crippen LogP contribution in [0.25, 0.3) is 5.69 Å². The molecule has 0 unspecified atom stereocenters. The molecule has 1 N–H and O–H groups in total. The highest BCUT2D eigenvalue weighted by Crippen LogP contribution is 2.26. The first-order chi connectivity index (χ1) is 15.4. The van der Waals surface area contributed by atoms with Gasteiger partial charge in [0.25, 0.3) is 5.91 Å². The van der Waals surface area contributed by atoms with Crippen molar-refractivity contribution in [3.05, 3.63) is 59.9 Å². The van der Waals surface area contributed by atoms with E-state index in [1.807, 2.05) is 19.1 Å². The van der Waals surface area contributed by atoms with E-state index in [-0.39, 0.29) is 16.8 Å². The first-order valence-corrected chi connectivity index (χ1v) is 12.0. The van der Waals surface area contributed by atoms with Crippen LogP contribution in [0.4, 0.5) is 5.69 Å². The summed E-state index contributed by atoms with van der Waals surface area (Å²) in [5.74, 6) is -0.316. The van der Waals surface area contributed by atoms with E-state index >= 15 is 0 Å². The van der Waals surface area contributed by atoms with Gasteiger partial charge in [0.05, 0.1) is 10.6 Å². The summed E-state index contributed by atoms with van der Waals surface area (Å²) < 4.78 is 29.0. The topological polar surface area (TPSA) is 110 Å². The minimum absolute atomic E-state index is 0.0382. The Morgan fingerprint density at radius 2 is 1.81 bits per heavy atom. The number of carbonyl (C=O) groups excluding carboxylic acids is 1. The second-order valence-electron chi connectivity index (χ2n) is 8.05. The van der Waals surface area contributed by atoms with Gasteiger partial charge in [0.1, 0.15) is 6.33 Å². The number of aromatic nitrogens is 4. The third-order valence-electron chi connectivity index (χ3n) is 5.93. The van der Waals surface area contributed by atoms with Crippen LogP contribution in [0.15, 0.2) is 53.7 Å². The first-order valence-electron chi connectivity index (χ1n) is 10.6. The first kappa shape index (κ1) is 22.1. The summed E-state index contributed by atoms with van der Waals surface area (Å²) in [6.07, 6.45) is 6.55. The van der Waals surface area contributed by atoms with E-state index in [4.69, 9.17) is 0 Å². The van der Waals surface area contributed by atoms with E-state index in [1.54, 1.807) is 29.9 Å². The Morgan fingerprint density at radius 3 is 2.44 bits per heavy atom. The van der Waals surface area contributed by atoms with Gasteiger partial charge in [0.2, 0.25) is 10.0 Å². The molecule has 1 heterocycles. The van der Waals surface area contributed by atoms with Gasteiger partial charge in [0.15, 0.2) is 0 Å². The Balaban J connectivity index is 1.46. The number of aryl methyl sites for hydroxylation is 1. The number of anilines is 1. The summed E-state index contributed by atoms with van der Waals surface area (Å²) >= 11 is 0. The molecule has 3 aromatic rings. The average Bonchev–Trinajstić information content (AvgIpc) is 3.34. The number of amides is 1. The molecule has 0 bridgehead atoms. The van der Waals surface area contributed by atoms with Gasteiger partial charge in [-0.15, -0.1) is 5.10 Å². The molecule has 0 spiro atoms. The summed E-state index contributed by atoms with van der Waals surface area (Å²) in [5, 5.41) is 14.0. The lowest BCUT2D eigenvalue weighted by Gasteiger charge is -2.30. The molecule has 0 radical (unpaired) electrons. The zero-order valence-electron chi connectivity index (χ0n) is 18.1.